The van der Waals surface area contributed by atoms with Crippen molar-refractivity contribution in [2.24, 2.45) is 0 Å². The number of aliphatic hydroxyl groups excluding tert-OH is 1. The first kappa shape index (κ1) is 14.9. The Hall–Kier alpha value is -1.20. The average molecular weight is 252 g/mol. The zero-order chi connectivity index (χ0) is 13.2. The van der Waals surface area contributed by atoms with Crippen LogP contribution in [0.25, 0.3) is 0 Å². The lowest BCUT2D eigenvalue weighted by Gasteiger charge is -2.20. The molecule has 1 aromatic rings. The Labute approximate surface area is 109 Å². The van der Waals surface area contributed by atoms with Crippen LogP contribution in [0.2, 0.25) is 0 Å². The molecule has 1 aromatic heterocycles. The molecule has 102 valence electrons. The van der Waals surface area contributed by atoms with Gasteiger partial charge >= 0.3 is 0 Å². The zero-order valence-corrected chi connectivity index (χ0v) is 11.4. The lowest BCUT2D eigenvalue weighted by Crippen LogP contribution is -2.29. The summed E-state index contributed by atoms with van der Waals surface area (Å²) in [6.07, 6.45) is 5.85. The first-order valence-electron chi connectivity index (χ1n) is 6.69. The summed E-state index contributed by atoms with van der Waals surface area (Å²) in [5.74, 6) is 0.699. The molecule has 0 radical (unpaired) electrons. The Bertz CT molecular complexity index is 309. The molecule has 0 unspecified atom stereocenters. The van der Waals surface area contributed by atoms with E-state index in [4.69, 9.17) is 5.11 Å². The van der Waals surface area contributed by atoms with Crippen LogP contribution < -0.4 is 10.2 Å². The summed E-state index contributed by atoms with van der Waals surface area (Å²) in [7, 11) is 0. The van der Waals surface area contributed by atoms with Crippen LogP contribution in [-0.2, 0) is 6.54 Å². The van der Waals surface area contributed by atoms with E-state index >= 15 is 0 Å². The fourth-order valence-electron chi connectivity index (χ4n) is 1.71. The highest BCUT2D eigenvalue weighted by Crippen LogP contribution is 2.07. The zero-order valence-electron chi connectivity index (χ0n) is 11.4. The van der Waals surface area contributed by atoms with Crippen LogP contribution in [-0.4, -0.2) is 41.3 Å². The third kappa shape index (κ3) is 4.98. The molecule has 0 spiro atoms. The first-order valence-corrected chi connectivity index (χ1v) is 6.69. The molecule has 0 saturated heterocycles. The molecule has 0 amide bonds. The summed E-state index contributed by atoms with van der Waals surface area (Å²) in [6.45, 7) is 7.64. The van der Waals surface area contributed by atoms with Crippen LogP contribution >= 0.6 is 0 Å². The third-order valence-electron chi connectivity index (χ3n) is 2.59. The van der Waals surface area contributed by atoms with Crippen LogP contribution in [0, 0.1) is 0 Å². The quantitative estimate of drug-likeness (QED) is 0.646. The number of rotatable bonds is 9. The molecule has 18 heavy (non-hydrogen) atoms. The van der Waals surface area contributed by atoms with Crippen molar-refractivity contribution < 1.29 is 5.11 Å². The second-order valence-electron chi connectivity index (χ2n) is 4.28. The van der Waals surface area contributed by atoms with Gasteiger partial charge in [-0.2, -0.15) is 0 Å². The fourth-order valence-corrected chi connectivity index (χ4v) is 1.71. The molecule has 0 aliphatic carbocycles. The Morgan fingerprint density at radius 2 is 1.89 bits per heavy atom. The third-order valence-corrected chi connectivity index (χ3v) is 2.59. The SMILES string of the molecule is CCCNCc1cnc(N(CCC)CCO)nc1. The molecule has 0 saturated carbocycles. The summed E-state index contributed by atoms with van der Waals surface area (Å²) >= 11 is 0. The van der Waals surface area contributed by atoms with E-state index in [1.165, 1.54) is 0 Å². The lowest BCUT2D eigenvalue weighted by molar-refractivity contribution is 0.301. The molecule has 0 aromatic carbocycles. The summed E-state index contributed by atoms with van der Waals surface area (Å²) < 4.78 is 0. The van der Waals surface area contributed by atoms with Crippen LogP contribution in [0.4, 0.5) is 5.95 Å². The van der Waals surface area contributed by atoms with Crippen molar-refractivity contribution in [1.29, 1.82) is 0 Å². The minimum Gasteiger partial charge on any atom is -0.395 e. The van der Waals surface area contributed by atoms with Crippen molar-refractivity contribution >= 4 is 5.95 Å². The number of anilines is 1. The molecule has 5 nitrogen and oxygen atoms in total. The van der Waals surface area contributed by atoms with Crippen LogP contribution in [0.1, 0.15) is 32.3 Å². The molecule has 5 heteroatoms. The molecule has 2 N–H and O–H groups in total. The van der Waals surface area contributed by atoms with Crippen molar-refractivity contribution in [3.05, 3.63) is 18.0 Å². The van der Waals surface area contributed by atoms with E-state index in [2.05, 4.69) is 29.1 Å². The fraction of sp³-hybridized carbons (Fsp3) is 0.692. The van der Waals surface area contributed by atoms with Gasteiger partial charge in [-0.05, 0) is 19.4 Å². The highest BCUT2D eigenvalue weighted by Gasteiger charge is 2.07. The van der Waals surface area contributed by atoms with Gasteiger partial charge in [0, 0.05) is 37.6 Å². The van der Waals surface area contributed by atoms with E-state index in [1.54, 1.807) is 0 Å². The maximum atomic E-state index is 9.02. The molecule has 0 fully saturated rings. The number of nitrogens with zero attached hydrogens (tertiary/aromatic N) is 3. The summed E-state index contributed by atoms with van der Waals surface area (Å²) in [5.41, 5.74) is 1.09. The maximum absolute atomic E-state index is 9.02. The van der Waals surface area contributed by atoms with Gasteiger partial charge in [0.25, 0.3) is 0 Å². The Morgan fingerprint density at radius 1 is 1.17 bits per heavy atom. The predicted octanol–water partition coefficient (Wildman–Crippen LogP) is 1.18. The second-order valence-corrected chi connectivity index (χ2v) is 4.28. The molecule has 1 rings (SSSR count). The minimum atomic E-state index is 0.128. The predicted molar refractivity (Wildman–Crippen MR) is 73.6 cm³/mol. The Balaban J connectivity index is 2.56. The van der Waals surface area contributed by atoms with Gasteiger partial charge in [-0.15, -0.1) is 0 Å². The standard InChI is InChI=1S/C13H24N4O/c1-3-5-14-9-12-10-15-13(16-11-12)17(6-4-2)7-8-18/h10-11,14,18H,3-9H2,1-2H3. The number of aromatic nitrogens is 2. The maximum Gasteiger partial charge on any atom is 0.225 e. The van der Waals surface area contributed by atoms with Gasteiger partial charge in [0.2, 0.25) is 5.95 Å². The summed E-state index contributed by atoms with van der Waals surface area (Å²) in [6, 6.07) is 0. The lowest BCUT2D eigenvalue weighted by atomic mass is 10.3. The van der Waals surface area contributed by atoms with E-state index in [0.29, 0.717) is 12.5 Å². The smallest absolute Gasteiger partial charge is 0.225 e. The molecule has 0 bridgehead atoms. The van der Waals surface area contributed by atoms with Gasteiger partial charge in [-0.1, -0.05) is 13.8 Å². The van der Waals surface area contributed by atoms with E-state index in [-0.39, 0.29) is 6.61 Å². The topological polar surface area (TPSA) is 61.3 Å². The van der Waals surface area contributed by atoms with Crippen LogP contribution in [0.3, 0.4) is 0 Å². The van der Waals surface area contributed by atoms with E-state index in [0.717, 1.165) is 38.0 Å². The van der Waals surface area contributed by atoms with Gasteiger partial charge in [-0.25, -0.2) is 9.97 Å². The van der Waals surface area contributed by atoms with Gasteiger partial charge in [0.15, 0.2) is 0 Å². The highest BCUT2D eigenvalue weighted by molar-refractivity contribution is 5.29. The van der Waals surface area contributed by atoms with E-state index in [1.807, 2.05) is 17.3 Å². The monoisotopic (exact) mass is 252 g/mol. The minimum absolute atomic E-state index is 0.128. The highest BCUT2D eigenvalue weighted by atomic mass is 16.3. The Morgan fingerprint density at radius 3 is 2.44 bits per heavy atom. The van der Waals surface area contributed by atoms with Crippen molar-refractivity contribution in [1.82, 2.24) is 15.3 Å². The van der Waals surface area contributed by atoms with E-state index < -0.39 is 0 Å². The van der Waals surface area contributed by atoms with Crippen molar-refractivity contribution in [3.8, 4) is 0 Å². The van der Waals surface area contributed by atoms with Crippen molar-refractivity contribution in [3.63, 3.8) is 0 Å². The molecular weight excluding hydrogens is 228 g/mol. The molecule has 0 aliphatic heterocycles. The molecule has 0 atom stereocenters. The van der Waals surface area contributed by atoms with Crippen molar-refractivity contribution in [2.45, 2.75) is 33.2 Å². The first-order chi connectivity index (χ1) is 8.81. The second kappa shape index (κ2) is 8.83. The van der Waals surface area contributed by atoms with Crippen molar-refractivity contribution in [2.75, 3.05) is 31.1 Å². The van der Waals surface area contributed by atoms with Gasteiger partial charge in [0.05, 0.1) is 6.61 Å². The molecule has 1 heterocycles. The normalized spacial score (nSPS) is 10.6. The number of hydrogen-bond acceptors (Lipinski definition) is 5. The molecule has 0 aliphatic rings. The summed E-state index contributed by atoms with van der Waals surface area (Å²) in [5, 5.41) is 12.3. The largest absolute Gasteiger partial charge is 0.395 e. The Kier molecular flexibility index (Phi) is 7.29. The molecular formula is C13H24N4O. The van der Waals surface area contributed by atoms with Gasteiger partial charge in [-0.3, -0.25) is 0 Å². The number of nitrogens with one attached hydrogen (secondary N) is 1. The van der Waals surface area contributed by atoms with E-state index in [9.17, 15) is 0 Å². The average Bonchev–Trinajstić information content (AvgIpc) is 2.40. The number of hydrogen-bond donors (Lipinski definition) is 2. The number of aliphatic hydroxyl groups is 1. The van der Waals surface area contributed by atoms with Crippen LogP contribution in [0.15, 0.2) is 12.4 Å². The summed E-state index contributed by atoms with van der Waals surface area (Å²) in [4.78, 5) is 10.7. The van der Waals surface area contributed by atoms with Crippen LogP contribution in [0.5, 0.6) is 0 Å². The van der Waals surface area contributed by atoms with Gasteiger partial charge in [0.1, 0.15) is 0 Å². The van der Waals surface area contributed by atoms with Gasteiger partial charge < -0.3 is 15.3 Å².